The highest BCUT2D eigenvalue weighted by molar-refractivity contribution is 5.44. The van der Waals surface area contributed by atoms with Crippen LogP contribution in [0.2, 0.25) is 0 Å². The van der Waals surface area contributed by atoms with E-state index in [4.69, 9.17) is 0 Å². The summed E-state index contributed by atoms with van der Waals surface area (Å²) in [7, 11) is 0. The monoisotopic (exact) mass is 282 g/mol. The molecule has 21 heavy (non-hydrogen) atoms. The fourth-order valence-corrected chi connectivity index (χ4v) is 2.76. The third-order valence-electron chi connectivity index (χ3n) is 4.35. The molecule has 1 nitrogen and oxygen atoms in total. The molecule has 0 radical (unpaired) electrons. The third kappa shape index (κ3) is 3.66. The van der Waals surface area contributed by atoms with Crippen LogP contribution in [0.1, 0.15) is 56.7 Å². The van der Waals surface area contributed by atoms with Crippen molar-refractivity contribution in [2.24, 2.45) is 0 Å². The van der Waals surface area contributed by atoms with Gasteiger partial charge in [-0.05, 0) is 35.6 Å². The van der Waals surface area contributed by atoms with Crippen LogP contribution in [0.5, 0.6) is 5.75 Å². The predicted molar refractivity (Wildman–Crippen MR) is 89.9 cm³/mol. The highest BCUT2D eigenvalue weighted by Crippen LogP contribution is 2.34. The number of unbranched alkanes of at least 4 members (excludes halogenated alkanes) is 2. The molecule has 1 heteroatoms. The first-order chi connectivity index (χ1) is 10.1. The van der Waals surface area contributed by atoms with Crippen molar-refractivity contribution >= 4 is 0 Å². The first kappa shape index (κ1) is 15.6. The zero-order valence-electron chi connectivity index (χ0n) is 13.4. The third-order valence-corrected chi connectivity index (χ3v) is 4.35. The predicted octanol–water partition coefficient (Wildman–Crippen LogP) is 5.45. The molecule has 0 aliphatic carbocycles. The number of hydrogen-bond acceptors (Lipinski definition) is 1. The van der Waals surface area contributed by atoms with Gasteiger partial charge in [0.2, 0.25) is 0 Å². The van der Waals surface area contributed by atoms with Gasteiger partial charge in [-0.3, -0.25) is 0 Å². The topological polar surface area (TPSA) is 20.2 Å². The summed E-state index contributed by atoms with van der Waals surface area (Å²) in [5.41, 5.74) is 3.59. The lowest BCUT2D eigenvalue weighted by molar-refractivity contribution is 0.465. The molecule has 0 amide bonds. The molecule has 0 heterocycles. The van der Waals surface area contributed by atoms with Crippen LogP contribution in [-0.2, 0) is 11.8 Å². The maximum Gasteiger partial charge on any atom is 0.118 e. The Morgan fingerprint density at radius 1 is 0.905 bits per heavy atom. The van der Waals surface area contributed by atoms with Crippen molar-refractivity contribution in [1.29, 1.82) is 0 Å². The zero-order valence-corrected chi connectivity index (χ0v) is 13.4. The molecule has 0 spiro atoms. The van der Waals surface area contributed by atoms with Crippen molar-refractivity contribution in [1.82, 2.24) is 0 Å². The van der Waals surface area contributed by atoms with Gasteiger partial charge >= 0.3 is 0 Å². The van der Waals surface area contributed by atoms with Gasteiger partial charge in [0, 0.05) is 5.41 Å². The lowest BCUT2D eigenvalue weighted by atomic mass is 9.77. The lowest BCUT2D eigenvalue weighted by Gasteiger charge is -2.27. The van der Waals surface area contributed by atoms with Crippen LogP contribution in [0.4, 0.5) is 0 Å². The largest absolute Gasteiger partial charge is 0.508 e. The van der Waals surface area contributed by atoms with Crippen molar-refractivity contribution in [2.75, 3.05) is 0 Å². The van der Waals surface area contributed by atoms with Crippen LogP contribution >= 0.6 is 0 Å². The Bertz CT molecular complexity index is 570. The van der Waals surface area contributed by atoms with E-state index >= 15 is 0 Å². The van der Waals surface area contributed by atoms with E-state index in [2.05, 4.69) is 51.1 Å². The molecule has 2 aromatic carbocycles. The van der Waals surface area contributed by atoms with Crippen LogP contribution in [0.25, 0.3) is 0 Å². The Balaban J connectivity index is 2.29. The van der Waals surface area contributed by atoms with Gasteiger partial charge in [-0.15, -0.1) is 0 Å². The zero-order chi connectivity index (χ0) is 15.3. The molecule has 0 aliphatic heterocycles. The van der Waals surface area contributed by atoms with E-state index in [0.717, 1.165) is 18.4 Å². The minimum absolute atomic E-state index is 0.0472. The molecule has 0 aliphatic rings. The number of aryl methyl sites for hydroxylation is 1. The minimum Gasteiger partial charge on any atom is -0.508 e. The molecule has 0 fully saturated rings. The fraction of sp³-hybridized carbons (Fsp3) is 0.400. The maximum atomic E-state index is 10.1. The van der Waals surface area contributed by atoms with Gasteiger partial charge in [0.1, 0.15) is 5.75 Å². The molecule has 1 N–H and O–H groups in total. The van der Waals surface area contributed by atoms with Gasteiger partial charge in [-0.2, -0.15) is 0 Å². The molecule has 0 bridgehead atoms. The van der Waals surface area contributed by atoms with Gasteiger partial charge in [0.15, 0.2) is 0 Å². The number of aromatic hydroxyl groups is 1. The van der Waals surface area contributed by atoms with Gasteiger partial charge in [-0.25, -0.2) is 0 Å². The number of phenolic OH excluding ortho intramolecular Hbond substituents is 1. The first-order valence-electron chi connectivity index (χ1n) is 7.93. The number of rotatable bonds is 6. The summed E-state index contributed by atoms with van der Waals surface area (Å²) in [6.45, 7) is 6.68. The van der Waals surface area contributed by atoms with Gasteiger partial charge < -0.3 is 5.11 Å². The van der Waals surface area contributed by atoms with Gasteiger partial charge in [-0.1, -0.05) is 76.1 Å². The molecular weight excluding hydrogens is 256 g/mol. The second-order valence-corrected chi connectivity index (χ2v) is 6.29. The van der Waals surface area contributed by atoms with Crippen LogP contribution in [-0.4, -0.2) is 5.11 Å². The van der Waals surface area contributed by atoms with E-state index < -0.39 is 0 Å². The molecule has 0 atom stereocenters. The van der Waals surface area contributed by atoms with Crippen molar-refractivity contribution in [3.63, 3.8) is 0 Å². The second-order valence-electron chi connectivity index (χ2n) is 6.29. The molecule has 0 saturated carbocycles. The van der Waals surface area contributed by atoms with E-state index in [-0.39, 0.29) is 5.41 Å². The highest BCUT2D eigenvalue weighted by atomic mass is 16.3. The Kier molecular flexibility index (Phi) is 5.06. The van der Waals surface area contributed by atoms with Crippen molar-refractivity contribution in [3.05, 3.63) is 65.2 Å². The molecular formula is C20H26O. The standard InChI is InChI=1S/C20H26O/c1-4-5-7-10-16-15-18(13-14-19(16)21)20(2,3)17-11-8-6-9-12-17/h6,8-9,11-15,21H,4-5,7,10H2,1-3H3. The van der Waals surface area contributed by atoms with E-state index in [1.165, 1.54) is 24.0 Å². The summed E-state index contributed by atoms with van der Waals surface area (Å²) in [5, 5.41) is 10.1. The van der Waals surface area contributed by atoms with Crippen molar-refractivity contribution < 1.29 is 5.11 Å². The van der Waals surface area contributed by atoms with Gasteiger partial charge in [0.25, 0.3) is 0 Å². The van der Waals surface area contributed by atoms with Crippen LogP contribution in [0.15, 0.2) is 48.5 Å². The summed E-state index contributed by atoms with van der Waals surface area (Å²) in [6, 6.07) is 16.6. The molecule has 2 rings (SSSR count). The lowest BCUT2D eigenvalue weighted by Crippen LogP contribution is -2.19. The van der Waals surface area contributed by atoms with E-state index in [9.17, 15) is 5.11 Å². The van der Waals surface area contributed by atoms with Gasteiger partial charge in [0.05, 0.1) is 0 Å². The molecule has 0 saturated heterocycles. The summed E-state index contributed by atoms with van der Waals surface area (Å²) in [4.78, 5) is 0. The Morgan fingerprint density at radius 2 is 1.62 bits per heavy atom. The summed E-state index contributed by atoms with van der Waals surface area (Å²) in [5.74, 6) is 0.429. The average Bonchev–Trinajstić information content (AvgIpc) is 2.50. The maximum absolute atomic E-state index is 10.1. The highest BCUT2D eigenvalue weighted by Gasteiger charge is 2.23. The Labute approximate surface area is 128 Å². The number of benzene rings is 2. The SMILES string of the molecule is CCCCCc1cc(C(C)(C)c2ccccc2)ccc1O. The molecule has 2 aromatic rings. The molecule has 0 aromatic heterocycles. The first-order valence-corrected chi connectivity index (χ1v) is 7.93. The second kappa shape index (κ2) is 6.80. The van der Waals surface area contributed by atoms with Crippen LogP contribution in [0.3, 0.4) is 0 Å². The summed E-state index contributed by atoms with van der Waals surface area (Å²) in [6.07, 6.45) is 4.51. The normalized spacial score (nSPS) is 11.6. The van der Waals surface area contributed by atoms with E-state index in [0.29, 0.717) is 5.75 Å². The van der Waals surface area contributed by atoms with Crippen molar-refractivity contribution in [2.45, 2.75) is 51.9 Å². The van der Waals surface area contributed by atoms with Crippen molar-refractivity contribution in [3.8, 4) is 5.75 Å². The summed E-state index contributed by atoms with van der Waals surface area (Å²) < 4.78 is 0. The van der Waals surface area contributed by atoms with Crippen LogP contribution in [0, 0.1) is 0 Å². The number of hydrogen-bond donors (Lipinski definition) is 1. The average molecular weight is 282 g/mol. The Morgan fingerprint density at radius 3 is 2.29 bits per heavy atom. The van der Waals surface area contributed by atoms with Crippen LogP contribution < -0.4 is 0 Å². The van der Waals surface area contributed by atoms with E-state index in [1.54, 1.807) is 0 Å². The van der Waals surface area contributed by atoms with E-state index in [1.807, 2.05) is 18.2 Å². The number of phenols is 1. The Hall–Kier alpha value is -1.76. The fourth-order valence-electron chi connectivity index (χ4n) is 2.76. The molecule has 0 unspecified atom stereocenters. The minimum atomic E-state index is -0.0472. The smallest absolute Gasteiger partial charge is 0.118 e. The quantitative estimate of drug-likeness (QED) is 0.698. The summed E-state index contributed by atoms with van der Waals surface area (Å²) >= 11 is 0. The molecule has 112 valence electrons.